The number of carbonyl (C=O) groups is 1. The van der Waals surface area contributed by atoms with Gasteiger partial charge < -0.3 is 10.6 Å². The molecule has 6 heteroatoms. The molecule has 19 heavy (non-hydrogen) atoms. The van der Waals surface area contributed by atoms with Crippen LogP contribution >= 0.6 is 0 Å². The maximum Gasteiger partial charge on any atom is 0.401 e. The van der Waals surface area contributed by atoms with E-state index < -0.39 is 18.6 Å². The van der Waals surface area contributed by atoms with Crippen molar-refractivity contribution in [3.8, 4) is 0 Å². The van der Waals surface area contributed by atoms with Gasteiger partial charge in [0, 0.05) is 5.69 Å². The minimum absolute atomic E-state index is 0.351. The molecule has 1 amide bonds. The second-order valence-corrected chi connectivity index (χ2v) is 4.60. The Morgan fingerprint density at radius 1 is 1.21 bits per heavy atom. The Morgan fingerprint density at radius 3 is 2.68 bits per heavy atom. The molecule has 0 saturated heterocycles. The minimum atomic E-state index is -4.30. The molecule has 2 rings (SSSR count). The predicted molar refractivity (Wildman–Crippen MR) is 66.0 cm³/mol. The predicted octanol–water partition coefficient (Wildman–Crippen LogP) is 2.27. The van der Waals surface area contributed by atoms with Gasteiger partial charge in [-0.1, -0.05) is 6.07 Å². The molecule has 0 aliphatic heterocycles. The fourth-order valence-electron chi connectivity index (χ4n) is 2.17. The van der Waals surface area contributed by atoms with Crippen molar-refractivity contribution in [1.29, 1.82) is 0 Å². The van der Waals surface area contributed by atoms with E-state index in [9.17, 15) is 18.0 Å². The van der Waals surface area contributed by atoms with Gasteiger partial charge in [0.1, 0.15) is 0 Å². The zero-order valence-electron chi connectivity index (χ0n) is 10.3. The summed E-state index contributed by atoms with van der Waals surface area (Å²) < 4.78 is 35.7. The number of alkyl halides is 3. The first-order valence-electron chi connectivity index (χ1n) is 6.13. The van der Waals surface area contributed by atoms with Crippen LogP contribution < -0.4 is 10.6 Å². The zero-order valence-corrected chi connectivity index (χ0v) is 10.3. The van der Waals surface area contributed by atoms with E-state index in [1.165, 1.54) is 11.1 Å². The van der Waals surface area contributed by atoms with Crippen molar-refractivity contribution < 1.29 is 18.0 Å². The first-order chi connectivity index (χ1) is 8.94. The first kappa shape index (κ1) is 13.9. The molecule has 0 radical (unpaired) electrons. The Morgan fingerprint density at radius 2 is 1.95 bits per heavy atom. The van der Waals surface area contributed by atoms with Gasteiger partial charge in [-0.3, -0.25) is 4.79 Å². The van der Waals surface area contributed by atoms with Crippen LogP contribution in [0, 0.1) is 0 Å². The third kappa shape index (κ3) is 4.24. The number of hydrogen-bond acceptors (Lipinski definition) is 2. The van der Waals surface area contributed by atoms with Gasteiger partial charge in [0.05, 0.1) is 13.1 Å². The van der Waals surface area contributed by atoms with Crippen molar-refractivity contribution in [3.63, 3.8) is 0 Å². The molecular formula is C13H15F3N2O. The van der Waals surface area contributed by atoms with Crippen LogP contribution in [0.1, 0.15) is 17.5 Å². The molecule has 3 nitrogen and oxygen atoms in total. The monoisotopic (exact) mass is 272 g/mol. The highest BCUT2D eigenvalue weighted by Crippen LogP contribution is 2.24. The Labute approximate surface area is 109 Å². The highest BCUT2D eigenvalue weighted by Gasteiger charge is 2.26. The molecule has 0 unspecified atom stereocenters. The molecule has 0 bridgehead atoms. The van der Waals surface area contributed by atoms with Crippen LogP contribution in [0.4, 0.5) is 18.9 Å². The summed E-state index contributed by atoms with van der Waals surface area (Å²) in [6.45, 7) is -1.51. The van der Waals surface area contributed by atoms with E-state index in [1.807, 2.05) is 12.1 Å². The van der Waals surface area contributed by atoms with Crippen molar-refractivity contribution in [3.05, 3.63) is 29.3 Å². The van der Waals surface area contributed by atoms with Crippen molar-refractivity contribution in [2.75, 3.05) is 18.4 Å². The van der Waals surface area contributed by atoms with Crippen molar-refractivity contribution >= 4 is 11.6 Å². The van der Waals surface area contributed by atoms with Crippen LogP contribution in [0.15, 0.2) is 18.2 Å². The summed E-state index contributed by atoms with van der Waals surface area (Å²) in [6.07, 6.45) is -1.14. The Kier molecular flexibility index (Phi) is 4.09. The number of nitrogens with one attached hydrogen (secondary N) is 2. The summed E-state index contributed by atoms with van der Waals surface area (Å²) in [4.78, 5) is 11.5. The third-order valence-electron chi connectivity index (χ3n) is 2.99. The molecule has 1 aromatic carbocycles. The molecule has 0 heterocycles. The number of amides is 1. The van der Waals surface area contributed by atoms with Crippen LogP contribution in [0.3, 0.4) is 0 Å². The van der Waals surface area contributed by atoms with Gasteiger partial charge in [-0.05, 0) is 42.5 Å². The molecule has 0 atom stereocenters. The van der Waals surface area contributed by atoms with Crippen molar-refractivity contribution in [2.45, 2.75) is 25.4 Å². The fraction of sp³-hybridized carbons (Fsp3) is 0.462. The average Bonchev–Trinajstić information content (AvgIpc) is 2.74. The molecule has 1 aliphatic rings. The lowest BCUT2D eigenvalue weighted by Gasteiger charge is -2.09. The van der Waals surface area contributed by atoms with E-state index in [0.717, 1.165) is 19.3 Å². The summed E-state index contributed by atoms with van der Waals surface area (Å²) in [5, 5.41) is 4.65. The Hall–Kier alpha value is -1.56. The highest BCUT2D eigenvalue weighted by atomic mass is 19.4. The topological polar surface area (TPSA) is 41.1 Å². The lowest BCUT2D eigenvalue weighted by Crippen LogP contribution is -2.35. The van der Waals surface area contributed by atoms with Crippen molar-refractivity contribution in [2.24, 2.45) is 0 Å². The molecular weight excluding hydrogens is 257 g/mol. The van der Waals surface area contributed by atoms with Crippen molar-refractivity contribution in [1.82, 2.24) is 5.32 Å². The van der Waals surface area contributed by atoms with Gasteiger partial charge in [-0.2, -0.15) is 13.2 Å². The van der Waals surface area contributed by atoms with Gasteiger partial charge in [0.15, 0.2) is 0 Å². The van der Waals surface area contributed by atoms with Crippen LogP contribution in [0.5, 0.6) is 0 Å². The quantitative estimate of drug-likeness (QED) is 0.882. The number of aryl methyl sites for hydroxylation is 2. The average molecular weight is 272 g/mol. The largest absolute Gasteiger partial charge is 0.401 e. The maximum atomic E-state index is 11.9. The number of hydrogen-bond donors (Lipinski definition) is 2. The smallest absolute Gasteiger partial charge is 0.325 e. The fourth-order valence-corrected chi connectivity index (χ4v) is 2.17. The Bertz CT molecular complexity index is 471. The van der Waals surface area contributed by atoms with Crippen LogP contribution in [0.2, 0.25) is 0 Å². The second-order valence-electron chi connectivity index (χ2n) is 4.60. The van der Waals surface area contributed by atoms with E-state index in [1.54, 1.807) is 6.07 Å². The number of halogens is 3. The molecule has 1 aromatic rings. The highest BCUT2D eigenvalue weighted by molar-refractivity contribution is 5.92. The molecule has 2 N–H and O–H groups in total. The molecule has 0 fully saturated rings. The summed E-state index contributed by atoms with van der Waals surface area (Å²) in [6, 6.07) is 5.64. The molecule has 0 saturated carbocycles. The van der Waals surface area contributed by atoms with Crippen LogP contribution in [0.25, 0.3) is 0 Å². The zero-order chi connectivity index (χ0) is 13.9. The van der Waals surface area contributed by atoms with Gasteiger partial charge in [-0.25, -0.2) is 0 Å². The number of benzene rings is 1. The Balaban J connectivity index is 1.82. The normalized spacial score (nSPS) is 14.3. The van der Waals surface area contributed by atoms with Crippen LogP contribution in [-0.4, -0.2) is 25.2 Å². The second kappa shape index (κ2) is 5.61. The summed E-state index contributed by atoms with van der Waals surface area (Å²) >= 11 is 0. The van der Waals surface area contributed by atoms with E-state index in [2.05, 4.69) is 10.6 Å². The van der Waals surface area contributed by atoms with Gasteiger partial charge in [0.2, 0.25) is 5.91 Å². The summed E-state index contributed by atoms with van der Waals surface area (Å²) in [7, 11) is 0. The summed E-state index contributed by atoms with van der Waals surface area (Å²) in [5.41, 5.74) is 3.13. The third-order valence-corrected chi connectivity index (χ3v) is 2.99. The summed E-state index contributed by atoms with van der Waals surface area (Å²) in [5.74, 6) is -0.470. The lowest BCUT2D eigenvalue weighted by molar-refractivity contribution is -0.126. The number of fused-ring (bicyclic) bond motifs is 1. The van der Waals surface area contributed by atoms with E-state index >= 15 is 0 Å². The first-order valence-corrected chi connectivity index (χ1v) is 6.13. The molecule has 104 valence electrons. The van der Waals surface area contributed by atoms with Gasteiger partial charge in [0.25, 0.3) is 0 Å². The lowest BCUT2D eigenvalue weighted by atomic mass is 10.1. The molecule has 0 aromatic heterocycles. The maximum absolute atomic E-state index is 11.9. The number of carbonyl (C=O) groups excluding carboxylic acids is 1. The molecule has 1 aliphatic carbocycles. The van der Waals surface area contributed by atoms with Crippen LogP contribution in [-0.2, 0) is 17.6 Å². The SMILES string of the molecule is O=C(CNCC(F)(F)F)Nc1ccc2c(c1)CCC2. The van der Waals surface area contributed by atoms with Gasteiger partial charge >= 0.3 is 6.18 Å². The van der Waals surface area contributed by atoms with E-state index in [-0.39, 0.29) is 6.54 Å². The standard InChI is InChI=1S/C13H15F3N2O/c14-13(15,16)8-17-7-12(19)18-11-5-4-9-2-1-3-10(9)6-11/h4-6,17H,1-3,7-8H2,(H,18,19). The number of rotatable bonds is 4. The van der Waals surface area contributed by atoms with E-state index in [4.69, 9.17) is 0 Å². The number of anilines is 1. The molecule has 0 spiro atoms. The van der Waals surface area contributed by atoms with Gasteiger partial charge in [-0.15, -0.1) is 0 Å². The van der Waals surface area contributed by atoms with E-state index in [0.29, 0.717) is 5.69 Å². The minimum Gasteiger partial charge on any atom is -0.325 e.